The van der Waals surface area contributed by atoms with Crippen LogP contribution in [0.2, 0.25) is 0 Å². The van der Waals surface area contributed by atoms with Crippen molar-refractivity contribution in [1.29, 1.82) is 0 Å². The number of thiophene rings is 1. The molecular formula is C18H27NO3S. The number of likely N-dealkylation sites (tertiary alicyclic amines) is 1. The van der Waals surface area contributed by atoms with Gasteiger partial charge in [0, 0.05) is 37.1 Å². The van der Waals surface area contributed by atoms with Crippen molar-refractivity contribution in [3.05, 3.63) is 21.9 Å². The first-order valence-corrected chi connectivity index (χ1v) is 9.54. The van der Waals surface area contributed by atoms with Crippen LogP contribution < -0.4 is 0 Å². The molecule has 23 heavy (non-hydrogen) atoms. The highest BCUT2D eigenvalue weighted by Crippen LogP contribution is 2.39. The lowest BCUT2D eigenvalue weighted by Gasteiger charge is -2.48. The van der Waals surface area contributed by atoms with Crippen LogP contribution >= 0.6 is 11.3 Å². The molecule has 128 valence electrons. The van der Waals surface area contributed by atoms with Crippen LogP contribution in [0.4, 0.5) is 0 Å². The molecule has 1 aromatic heterocycles. The van der Waals surface area contributed by atoms with Crippen molar-refractivity contribution in [2.24, 2.45) is 11.8 Å². The van der Waals surface area contributed by atoms with Crippen molar-refractivity contribution in [2.75, 3.05) is 26.3 Å². The second-order valence-electron chi connectivity index (χ2n) is 6.90. The van der Waals surface area contributed by atoms with Crippen LogP contribution in [0, 0.1) is 11.8 Å². The molecule has 0 aromatic carbocycles. The van der Waals surface area contributed by atoms with Gasteiger partial charge in [-0.15, -0.1) is 11.3 Å². The SMILES string of the molecule is CCc1ccc(C(=O)N2CCC(O)(C3CCOCC3)C(C)C2)s1. The van der Waals surface area contributed by atoms with Gasteiger partial charge in [-0.2, -0.15) is 0 Å². The van der Waals surface area contributed by atoms with Crippen molar-refractivity contribution in [2.45, 2.75) is 45.1 Å². The third-order valence-electron chi connectivity index (χ3n) is 5.57. The van der Waals surface area contributed by atoms with E-state index in [1.54, 1.807) is 11.3 Å². The van der Waals surface area contributed by atoms with Crippen molar-refractivity contribution in [1.82, 2.24) is 4.90 Å². The zero-order chi connectivity index (χ0) is 16.4. The number of carbonyl (C=O) groups excluding carboxylic acids is 1. The highest BCUT2D eigenvalue weighted by atomic mass is 32.1. The van der Waals surface area contributed by atoms with Crippen LogP contribution in [-0.4, -0.2) is 47.8 Å². The Morgan fingerprint density at radius 1 is 1.43 bits per heavy atom. The molecule has 2 aliphatic rings. The molecule has 0 spiro atoms. The summed E-state index contributed by atoms with van der Waals surface area (Å²) in [5.41, 5.74) is -0.648. The molecule has 0 bridgehead atoms. The van der Waals surface area contributed by atoms with E-state index in [0.29, 0.717) is 25.4 Å². The molecule has 1 aromatic rings. The number of piperidine rings is 1. The van der Waals surface area contributed by atoms with Gasteiger partial charge in [-0.05, 0) is 43.7 Å². The van der Waals surface area contributed by atoms with Crippen molar-refractivity contribution >= 4 is 17.2 Å². The second kappa shape index (κ2) is 6.91. The van der Waals surface area contributed by atoms with E-state index in [9.17, 15) is 9.90 Å². The van der Waals surface area contributed by atoms with E-state index in [4.69, 9.17) is 4.74 Å². The van der Waals surface area contributed by atoms with Crippen molar-refractivity contribution in [3.8, 4) is 0 Å². The first-order chi connectivity index (χ1) is 11.0. The van der Waals surface area contributed by atoms with Crippen molar-refractivity contribution in [3.63, 3.8) is 0 Å². The van der Waals surface area contributed by atoms with Gasteiger partial charge in [0.05, 0.1) is 10.5 Å². The lowest BCUT2D eigenvalue weighted by atomic mass is 9.70. The van der Waals surface area contributed by atoms with Crippen molar-refractivity contribution < 1.29 is 14.6 Å². The average molecular weight is 337 g/mol. The Morgan fingerprint density at radius 2 is 2.17 bits per heavy atom. The maximum absolute atomic E-state index is 12.7. The molecule has 3 heterocycles. The maximum atomic E-state index is 12.7. The fourth-order valence-electron chi connectivity index (χ4n) is 3.97. The smallest absolute Gasteiger partial charge is 0.263 e. The lowest BCUT2D eigenvalue weighted by molar-refractivity contribution is -0.125. The number of aliphatic hydroxyl groups is 1. The minimum absolute atomic E-state index is 0.105. The topological polar surface area (TPSA) is 49.8 Å². The third kappa shape index (κ3) is 3.32. The second-order valence-corrected chi connectivity index (χ2v) is 8.07. The largest absolute Gasteiger partial charge is 0.389 e. The number of carbonyl (C=O) groups is 1. The number of aryl methyl sites for hydroxylation is 1. The predicted molar refractivity (Wildman–Crippen MR) is 91.9 cm³/mol. The van der Waals surface area contributed by atoms with Crippen LogP contribution in [0.25, 0.3) is 0 Å². The Labute approximate surface area is 142 Å². The fraction of sp³-hybridized carbons (Fsp3) is 0.722. The summed E-state index contributed by atoms with van der Waals surface area (Å²) in [5, 5.41) is 11.2. The molecule has 2 unspecified atom stereocenters. The van der Waals surface area contributed by atoms with Crippen LogP contribution in [0.15, 0.2) is 12.1 Å². The molecule has 4 nitrogen and oxygen atoms in total. The zero-order valence-corrected chi connectivity index (χ0v) is 14.9. The molecule has 2 saturated heterocycles. The molecule has 0 radical (unpaired) electrons. The first-order valence-electron chi connectivity index (χ1n) is 8.72. The highest BCUT2D eigenvalue weighted by Gasteiger charge is 2.46. The van der Waals surface area contributed by atoms with Gasteiger partial charge in [0.2, 0.25) is 0 Å². The number of nitrogens with zero attached hydrogens (tertiary/aromatic N) is 1. The van der Waals surface area contributed by atoms with Gasteiger partial charge >= 0.3 is 0 Å². The number of amides is 1. The Bertz CT molecular complexity index is 552. The Balaban J connectivity index is 1.66. The summed E-state index contributed by atoms with van der Waals surface area (Å²) in [6.07, 6.45) is 3.51. The normalized spacial score (nSPS) is 29.7. The number of hydrogen-bond acceptors (Lipinski definition) is 4. The summed E-state index contributed by atoms with van der Waals surface area (Å²) in [7, 11) is 0. The van der Waals surface area contributed by atoms with E-state index in [2.05, 4.69) is 13.8 Å². The molecule has 1 N–H and O–H groups in total. The van der Waals surface area contributed by atoms with E-state index >= 15 is 0 Å². The van der Waals surface area contributed by atoms with Gasteiger partial charge in [-0.3, -0.25) is 4.79 Å². The van der Waals surface area contributed by atoms with Gasteiger partial charge in [0.15, 0.2) is 0 Å². The molecule has 0 aliphatic carbocycles. The Morgan fingerprint density at radius 3 is 2.78 bits per heavy atom. The van der Waals surface area contributed by atoms with Crippen LogP contribution in [0.5, 0.6) is 0 Å². The van der Waals surface area contributed by atoms with Crippen LogP contribution in [0.1, 0.15) is 47.7 Å². The lowest BCUT2D eigenvalue weighted by Crippen LogP contribution is -2.56. The fourth-order valence-corrected chi connectivity index (χ4v) is 4.88. The highest BCUT2D eigenvalue weighted by molar-refractivity contribution is 7.14. The molecule has 5 heteroatoms. The van der Waals surface area contributed by atoms with E-state index in [1.165, 1.54) is 4.88 Å². The summed E-state index contributed by atoms with van der Waals surface area (Å²) in [4.78, 5) is 16.7. The number of hydrogen-bond donors (Lipinski definition) is 1. The van der Waals surface area contributed by atoms with Gasteiger partial charge < -0.3 is 14.7 Å². The number of rotatable bonds is 3. The molecule has 2 aliphatic heterocycles. The monoisotopic (exact) mass is 337 g/mol. The average Bonchev–Trinajstić information content (AvgIpc) is 3.06. The summed E-state index contributed by atoms with van der Waals surface area (Å²) < 4.78 is 5.43. The van der Waals surface area contributed by atoms with Gasteiger partial charge in [-0.25, -0.2) is 0 Å². The van der Waals surface area contributed by atoms with E-state index in [0.717, 1.165) is 37.4 Å². The standard InChI is InChI=1S/C18H27NO3S/c1-3-15-4-5-16(23-15)17(20)19-9-8-18(21,13(2)12-19)14-6-10-22-11-7-14/h4-5,13-14,21H,3,6-12H2,1-2H3. The minimum atomic E-state index is -0.648. The Hall–Kier alpha value is -0.910. The molecule has 3 rings (SSSR count). The zero-order valence-electron chi connectivity index (χ0n) is 14.1. The maximum Gasteiger partial charge on any atom is 0.263 e. The first kappa shape index (κ1) is 16.9. The molecular weight excluding hydrogens is 310 g/mol. The molecule has 2 atom stereocenters. The van der Waals surface area contributed by atoms with Gasteiger partial charge in [-0.1, -0.05) is 13.8 Å². The van der Waals surface area contributed by atoms with Gasteiger partial charge in [0.25, 0.3) is 5.91 Å². The molecule has 2 fully saturated rings. The third-order valence-corrected chi connectivity index (χ3v) is 6.78. The summed E-state index contributed by atoms with van der Waals surface area (Å²) in [5.74, 6) is 0.529. The van der Waals surface area contributed by atoms with Gasteiger partial charge in [0.1, 0.15) is 0 Å². The number of ether oxygens (including phenoxy) is 1. The minimum Gasteiger partial charge on any atom is -0.389 e. The van der Waals surface area contributed by atoms with E-state index in [1.807, 2.05) is 17.0 Å². The van der Waals surface area contributed by atoms with E-state index in [-0.39, 0.29) is 11.8 Å². The summed E-state index contributed by atoms with van der Waals surface area (Å²) in [6.45, 7) is 6.98. The van der Waals surface area contributed by atoms with E-state index < -0.39 is 5.60 Å². The summed E-state index contributed by atoms with van der Waals surface area (Å²) in [6, 6.07) is 3.99. The molecule has 1 amide bonds. The Kier molecular flexibility index (Phi) is 5.09. The molecule has 0 saturated carbocycles. The summed E-state index contributed by atoms with van der Waals surface area (Å²) >= 11 is 1.59. The predicted octanol–water partition coefficient (Wildman–Crippen LogP) is 2.95. The van der Waals surface area contributed by atoms with Crippen LogP contribution in [0.3, 0.4) is 0 Å². The quantitative estimate of drug-likeness (QED) is 0.922. The van der Waals surface area contributed by atoms with Crippen LogP contribution in [-0.2, 0) is 11.2 Å².